The fourth-order valence-corrected chi connectivity index (χ4v) is 3.86. The first kappa shape index (κ1) is 15.4. The van der Waals surface area contributed by atoms with Crippen molar-refractivity contribution in [1.29, 1.82) is 0 Å². The molecule has 1 saturated heterocycles. The zero-order valence-corrected chi connectivity index (χ0v) is 14.3. The van der Waals surface area contributed by atoms with E-state index in [1.807, 2.05) is 17.2 Å². The number of nitrogens with zero attached hydrogens (tertiary/aromatic N) is 3. The van der Waals surface area contributed by atoms with Crippen molar-refractivity contribution in [3.63, 3.8) is 0 Å². The van der Waals surface area contributed by atoms with E-state index in [0.29, 0.717) is 6.04 Å². The lowest BCUT2D eigenvalue weighted by molar-refractivity contribution is 0.0633. The predicted octanol–water partition coefficient (Wildman–Crippen LogP) is 2.62. The van der Waals surface area contributed by atoms with Crippen LogP contribution in [0.5, 0.6) is 0 Å². The molecule has 0 spiro atoms. The van der Waals surface area contributed by atoms with Gasteiger partial charge in [0.05, 0.1) is 11.6 Å². The summed E-state index contributed by atoms with van der Waals surface area (Å²) in [5, 5.41) is 3.40. The first-order valence-electron chi connectivity index (χ1n) is 8.77. The average Bonchev–Trinajstić information content (AvgIpc) is 3.40. The van der Waals surface area contributed by atoms with Gasteiger partial charge in [-0.1, -0.05) is 6.07 Å². The monoisotopic (exact) mass is 324 g/mol. The van der Waals surface area contributed by atoms with E-state index in [-0.39, 0.29) is 11.9 Å². The molecule has 2 aliphatic rings. The molecule has 4 rings (SSSR count). The SMILES string of the molecule is Cc1cc(C(=O)N2CCNCC2c2cccnc2)c(C)n1C1CC1. The third kappa shape index (κ3) is 2.63. The number of hydrogen-bond donors (Lipinski definition) is 1. The van der Waals surface area contributed by atoms with Gasteiger partial charge in [0.1, 0.15) is 0 Å². The molecule has 0 aromatic carbocycles. The number of carbonyl (C=O) groups excluding carboxylic acids is 1. The molecular formula is C19H24N4O. The van der Waals surface area contributed by atoms with E-state index in [4.69, 9.17) is 0 Å². The van der Waals surface area contributed by atoms with Crippen molar-refractivity contribution in [2.45, 2.75) is 38.8 Å². The van der Waals surface area contributed by atoms with Crippen molar-refractivity contribution >= 4 is 5.91 Å². The van der Waals surface area contributed by atoms with Gasteiger partial charge in [-0.2, -0.15) is 0 Å². The van der Waals surface area contributed by atoms with E-state index in [1.165, 1.54) is 18.5 Å². The van der Waals surface area contributed by atoms with Crippen molar-refractivity contribution in [3.8, 4) is 0 Å². The first-order valence-corrected chi connectivity index (χ1v) is 8.77. The van der Waals surface area contributed by atoms with E-state index in [0.717, 1.165) is 36.5 Å². The maximum absolute atomic E-state index is 13.3. The summed E-state index contributed by atoms with van der Waals surface area (Å²) in [5.74, 6) is 0.144. The van der Waals surface area contributed by atoms with Crippen LogP contribution in [-0.2, 0) is 0 Å². The Morgan fingerprint density at radius 3 is 2.88 bits per heavy atom. The number of hydrogen-bond acceptors (Lipinski definition) is 3. The standard InChI is InChI=1S/C19H24N4O/c1-13-10-17(14(2)23(13)16-5-6-16)19(24)22-9-8-21-12-18(22)15-4-3-7-20-11-15/h3-4,7,10-11,16,18,21H,5-6,8-9,12H2,1-2H3. The number of pyridine rings is 1. The van der Waals surface area contributed by atoms with Gasteiger partial charge in [0.2, 0.25) is 0 Å². The number of aryl methyl sites for hydroxylation is 1. The number of amides is 1. The van der Waals surface area contributed by atoms with Gasteiger partial charge in [-0.05, 0) is 44.4 Å². The van der Waals surface area contributed by atoms with Crippen LogP contribution in [0.3, 0.4) is 0 Å². The highest BCUT2D eigenvalue weighted by Crippen LogP contribution is 2.38. The van der Waals surface area contributed by atoms with Crippen LogP contribution < -0.4 is 5.32 Å². The number of piperazine rings is 1. The highest BCUT2D eigenvalue weighted by molar-refractivity contribution is 5.96. The fraction of sp³-hybridized carbons (Fsp3) is 0.474. The Hall–Kier alpha value is -2.14. The first-order chi connectivity index (χ1) is 11.7. The van der Waals surface area contributed by atoms with Crippen LogP contribution in [0.1, 0.15) is 52.2 Å². The largest absolute Gasteiger partial charge is 0.345 e. The highest BCUT2D eigenvalue weighted by Gasteiger charge is 2.33. The molecular weight excluding hydrogens is 300 g/mol. The average molecular weight is 324 g/mol. The topological polar surface area (TPSA) is 50.2 Å². The summed E-state index contributed by atoms with van der Waals surface area (Å²) in [5.41, 5.74) is 4.26. The van der Waals surface area contributed by atoms with Crippen molar-refractivity contribution in [2.24, 2.45) is 0 Å². The molecule has 1 N–H and O–H groups in total. The summed E-state index contributed by atoms with van der Waals surface area (Å²) in [6.07, 6.45) is 6.10. The summed E-state index contributed by atoms with van der Waals surface area (Å²) >= 11 is 0. The second kappa shape index (κ2) is 6.06. The van der Waals surface area contributed by atoms with E-state index >= 15 is 0 Å². The fourth-order valence-electron chi connectivity index (χ4n) is 3.86. The molecule has 126 valence electrons. The highest BCUT2D eigenvalue weighted by atomic mass is 16.2. The van der Waals surface area contributed by atoms with E-state index in [1.54, 1.807) is 6.20 Å². The van der Waals surface area contributed by atoms with E-state index in [9.17, 15) is 4.79 Å². The summed E-state index contributed by atoms with van der Waals surface area (Å²) < 4.78 is 2.34. The molecule has 5 heteroatoms. The molecule has 2 aromatic rings. The number of rotatable bonds is 3. The van der Waals surface area contributed by atoms with Gasteiger partial charge in [-0.15, -0.1) is 0 Å². The van der Waals surface area contributed by atoms with Crippen LogP contribution in [0.2, 0.25) is 0 Å². The Balaban J connectivity index is 1.66. The third-order valence-corrected chi connectivity index (χ3v) is 5.20. The molecule has 1 aliphatic carbocycles. The van der Waals surface area contributed by atoms with Gasteiger partial charge in [-0.3, -0.25) is 9.78 Å². The van der Waals surface area contributed by atoms with E-state index < -0.39 is 0 Å². The lowest BCUT2D eigenvalue weighted by Crippen LogP contribution is -2.48. The van der Waals surface area contributed by atoms with Gasteiger partial charge in [0, 0.05) is 49.5 Å². The van der Waals surface area contributed by atoms with Gasteiger partial charge in [0.15, 0.2) is 0 Å². The van der Waals surface area contributed by atoms with Gasteiger partial charge in [0.25, 0.3) is 5.91 Å². The Bertz CT molecular complexity index is 748. The molecule has 1 aliphatic heterocycles. The zero-order valence-electron chi connectivity index (χ0n) is 14.3. The molecule has 2 aromatic heterocycles. The smallest absolute Gasteiger partial charge is 0.256 e. The van der Waals surface area contributed by atoms with Gasteiger partial charge in [-0.25, -0.2) is 0 Å². The summed E-state index contributed by atoms with van der Waals surface area (Å²) in [4.78, 5) is 19.5. The van der Waals surface area contributed by atoms with Crippen LogP contribution in [0.15, 0.2) is 30.6 Å². The van der Waals surface area contributed by atoms with Crippen molar-refractivity contribution in [3.05, 3.63) is 53.1 Å². The number of aromatic nitrogens is 2. The molecule has 1 amide bonds. The lowest BCUT2D eigenvalue weighted by atomic mass is 10.0. The van der Waals surface area contributed by atoms with Crippen molar-refractivity contribution in [2.75, 3.05) is 19.6 Å². The molecule has 0 radical (unpaired) electrons. The third-order valence-electron chi connectivity index (χ3n) is 5.20. The molecule has 24 heavy (non-hydrogen) atoms. The molecule has 1 atom stereocenters. The van der Waals surface area contributed by atoms with Gasteiger partial charge >= 0.3 is 0 Å². The minimum absolute atomic E-state index is 0.0453. The van der Waals surface area contributed by atoms with Gasteiger partial charge < -0.3 is 14.8 Å². The predicted molar refractivity (Wildman–Crippen MR) is 93.1 cm³/mol. The minimum atomic E-state index is 0.0453. The Morgan fingerprint density at radius 1 is 1.33 bits per heavy atom. The van der Waals surface area contributed by atoms with Crippen LogP contribution >= 0.6 is 0 Å². The Kier molecular flexibility index (Phi) is 3.88. The quantitative estimate of drug-likeness (QED) is 0.944. The maximum Gasteiger partial charge on any atom is 0.256 e. The summed E-state index contributed by atoms with van der Waals surface area (Å²) in [6.45, 7) is 6.53. The lowest BCUT2D eigenvalue weighted by Gasteiger charge is -2.36. The molecule has 2 fully saturated rings. The molecule has 0 bridgehead atoms. The minimum Gasteiger partial charge on any atom is -0.345 e. The Labute approximate surface area is 142 Å². The zero-order chi connectivity index (χ0) is 16.7. The maximum atomic E-state index is 13.3. The molecule has 3 heterocycles. The van der Waals surface area contributed by atoms with Crippen LogP contribution in [0.25, 0.3) is 0 Å². The molecule has 1 unspecified atom stereocenters. The second-order valence-corrected chi connectivity index (χ2v) is 6.89. The van der Waals surface area contributed by atoms with Crippen molar-refractivity contribution in [1.82, 2.24) is 19.8 Å². The number of nitrogens with one attached hydrogen (secondary N) is 1. The van der Waals surface area contributed by atoms with Crippen LogP contribution in [-0.4, -0.2) is 40.0 Å². The van der Waals surface area contributed by atoms with Crippen LogP contribution in [0, 0.1) is 13.8 Å². The molecule has 1 saturated carbocycles. The summed E-state index contributed by atoms with van der Waals surface area (Å²) in [7, 11) is 0. The second-order valence-electron chi connectivity index (χ2n) is 6.89. The van der Waals surface area contributed by atoms with Crippen LogP contribution in [0.4, 0.5) is 0 Å². The summed E-state index contributed by atoms with van der Waals surface area (Å²) in [6, 6.07) is 6.70. The van der Waals surface area contributed by atoms with Crippen molar-refractivity contribution < 1.29 is 4.79 Å². The molecule has 5 nitrogen and oxygen atoms in total. The van der Waals surface area contributed by atoms with E-state index in [2.05, 4.69) is 40.8 Å². The number of carbonyl (C=O) groups is 1. The Morgan fingerprint density at radius 2 is 2.17 bits per heavy atom. The normalized spacial score (nSPS) is 21.1.